The molecule has 0 spiro atoms. The van der Waals surface area contributed by atoms with E-state index in [4.69, 9.17) is 11.6 Å². The van der Waals surface area contributed by atoms with E-state index in [1.807, 2.05) is 16.5 Å². The summed E-state index contributed by atoms with van der Waals surface area (Å²) in [6.07, 6.45) is 8.34. The standard InChI is InChI=1S/C15H21ClN2O/c1-17-10-13(16)8-14(17)15(19)18-7-6-11-4-2-3-5-12(11)9-18/h8,10-12H,2-7,9H2,1H3. The number of carbonyl (C=O) groups is 1. The summed E-state index contributed by atoms with van der Waals surface area (Å²) in [4.78, 5) is 14.6. The molecular weight excluding hydrogens is 260 g/mol. The third-order valence-corrected chi connectivity index (χ3v) is 4.98. The minimum absolute atomic E-state index is 0.137. The molecule has 1 aliphatic heterocycles. The molecule has 0 aromatic carbocycles. The Labute approximate surface area is 119 Å². The van der Waals surface area contributed by atoms with Gasteiger partial charge in [-0.3, -0.25) is 4.79 Å². The Morgan fingerprint density at radius 1 is 1.26 bits per heavy atom. The first-order chi connectivity index (χ1) is 9.15. The Kier molecular flexibility index (Phi) is 3.57. The third-order valence-electron chi connectivity index (χ3n) is 4.77. The van der Waals surface area contributed by atoms with Crippen molar-refractivity contribution < 1.29 is 4.79 Å². The van der Waals surface area contributed by atoms with Crippen LogP contribution in [0.2, 0.25) is 5.02 Å². The average molecular weight is 281 g/mol. The van der Waals surface area contributed by atoms with Crippen LogP contribution >= 0.6 is 11.6 Å². The van der Waals surface area contributed by atoms with Crippen molar-refractivity contribution in [2.24, 2.45) is 18.9 Å². The normalized spacial score (nSPS) is 27.2. The average Bonchev–Trinajstić information content (AvgIpc) is 2.76. The minimum atomic E-state index is 0.137. The summed E-state index contributed by atoms with van der Waals surface area (Å²) in [5, 5.41) is 0.637. The van der Waals surface area contributed by atoms with E-state index in [0.717, 1.165) is 24.9 Å². The quantitative estimate of drug-likeness (QED) is 0.775. The van der Waals surface area contributed by atoms with Gasteiger partial charge in [0.15, 0.2) is 0 Å². The zero-order valence-corrected chi connectivity index (χ0v) is 12.2. The van der Waals surface area contributed by atoms with Crippen molar-refractivity contribution in [3.05, 3.63) is 23.0 Å². The first-order valence-corrected chi connectivity index (χ1v) is 7.64. The van der Waals surface area contributed by atoms with Crippen LogP contribution in [0.15, 0.2) is 12.3 Å². The molecule has 2 heterocycles. The number of fused-ring (bicyclic) bond motifs is 1. The number of hydrogen-bond acceptors (Lipinski definition) is 1. The number of carbonyl (C=O) groups excluding carboxylic acids is 1. The maximum atomic E-state index is 12.6. The van der Waals surface area contributed by atoms with Crippen LogP contribution in [-0.4, -0.2) is 28.5 Å². The Morgan fingerprint density at radius 3 is 2.68 bits per heavy atom. The Hall–Kier alpha value is -0.960. The molecule has 0 bridgehead atoms. The van der Waals surface area contributed by atoms with E-state index in [1.54, 1.807) is 12.3 Å². The van der Waals surface area contributed by atoms with E-state index < -0.39 is 0 Å². The second-order valence-corrected chi connectivity index (χ2v) is 6.44. The number of rotatable bonds is 1. The number of piperidine rings is 1. The fourth-order valence-electron chi connectivity index (χ4n) is 3.68. The molecule has 4 heteroatoms. The predicted molar refractivity (Wildman–Crippen MR) is 76.4 cm³/mol. The summed E-state index contributed by atoms with van der Waals surface area (Å²) in [5.41, 5.74) is 0.708. The molecule has 1 saturated carbocycles. The van der Waals surface area contributed by atoms with Gasteiger partial charge in [0.05, 0.1) is 5.02 Å². The number of aryl methyl sites for hydroxylation is 1. The summed E-state index contributed by atoms with van der Waals surface area (Å²) in [6, 6.07) is 1.77. The molecule has 3 nitrogen and oxygen atoms in total. The van der Waals surface area contributed by atoms with Gasteiger partial charge in [0, 0.05) is 26.3 Å². The Balaban J connectivity index is 1.72. The highest BCUT2D eigenvalue weighted by Gasteiger charge is 2.33. The van der Waals surface area contributed by atoms with Crippen LogP contribution < -0.4 is 0 Å². The molecule has 1 aromatic rings. The van der Waals surface area contributed by atoms with Crippen molar-refractivity contribution in [2.75, 3.05) is 13.1 Å². The summed E-state index contributed by atoms with van der Waals surface area (Å²) in [5.74, 6) is 1.72. The lowest BCUT2D eigenvalue weighted by Crippen LogP contribution is -2.45. The minimum Gasteiger partial charge on any atom is -0.345 e. The van der Waals surface area contributed by atoms with Crippen LogP contribution in [0.25, 0.3) is 0 Å². The van der Waals surface area contributed by atoms with Crippen LogP contribution in [0.5, 0.6) is 0 Å². The molecule has 2 atom stereocenters. The van der Waals surface area contributed by atoms with Crippen molar-refractivity contribution in [3.8, 4) is 0 Å². The summed E-state index contributed by atoms with van der Waals surface area (Å²) < 4.78 is 1.83. The largest absolute Gasteiger partial charge is 0.345 e. The number of hydrogen-bond donors (Lipinski definition) is 0. The number of nitrogens with zero attached hydrogens (tertiary/aromatic N) is 2. The maximum absolute atomic E-state index is 12.6. The van der Waals surface area contributed by atoms with Gasteiger partial charge >= 0.3 is 0 Å². The highest BCUT2D eigenvalue weighted by molar-refractivity contribution is 6.31. The number of likely N-dealkylation sites (tertiary alicyclic amines) is 1. The highest BCUT2D eigenvalue weighted by Crippen LogP contribution is 2.36. The molecule has 1 amide bonds. The van der Waals surface area contributed by atoms with Gasteiger partial charge in [-0.1, -0.05) is 30.9 Å². The van der Waals surface area contributed by atoms with Gasteiger partial charge in [0.1, 0.15) is 5.69 Å². The molecule has 2 unspecified atom stereocenters. The van der Waals surface area contributed by atoms with Crippen molar-refractivity contribution in [1.82, 2.24) is 9.47 Å². The second-order valence-electron chi connectivity index (χ2n) is 6.00. The van der Waals surface area contributed by atoms with E-state index in [2.05, 4.69) is 0 Å². The lowest BCUT2D eigenvalue weighted by atomic mass is 9.75. The van der Waals surface area contributed by atoms with E-state index in [9.17, 15) is 4.79 Å². The molecular formula is C15H21ClN2O. The molecule has 104 valence electrons. The molecule has 3 rings (SSSR count). The Morgan fingerprint density at radius 2 is 2.00 bits per heavy atom. The van der Waals surface area contributed by atoms with Crippen molar-refractivity contribution >= 4 is 17.5 Å². The van der Waals surface area contributed by atoms with E-state index in [1.165, 1.54) is 32.1 Å². The van der Waals surface area contributed by atoms with E-state index in [-0.39, 0.29) is 5.91 Å². The SMILES string of the molecule is Cn1cc(Cl)cc1C(=O)N1CCC2CCCCC2C1. The third kappa shape index (κ3) is 2.53. The first kappa shape index (κ1) is 13.0. The fraction of sp³-hybridized carbons (Fsp3) is 0.667. The van der Waals surface area contributed by atoms with Crippen LogP contribution in [0.1, 0.15) is 42.6 Å². The van der Waals surface area contributed by atoms with Crippen LogP contribution in [0.3, 0.4) is 0 Å². The first-order valence-electron chi connectivity index (χ1n) is 7.26. The highest BCUT2D eigenvalue weighted by atomic mass is 35.5. The molecule has 1 saturated heterocycles. The Bertz CT molecular complexity index is 482. The molecule has 0 radical (unpaired) electrons. The van der Waals surface area contributed by atoms with Gasteiger partial charge in [-0.25, -0.2) is 0 Å². The molecule has 19 heavy (non-hydrogen) atoms. The van der Waals surface area contributed by atoms with Crippen molar-refractivity contribution in [3.63, 3.8) is 0 Å². The van der Waals surface area contributed by atoms with Gasteiger partial charge in [-0.2, -0.15) is 0 Å². The smallest absolute Gasteiger partial charge is 0.270 e. The fourth-order valence-corrected chi connectivity index (χ4v) is 3.93. The molecule has 1 aromatic heterocycles. The van der Waals surface area contributed by atoms with Gasteiger partial charge in [-0.15, -0.1) is 0 Å². The maximum Gasteiger partial charge on any atom is 0.270 e. The van der Waals surface area contributed by atoms with Crippen LogP contribution in [0, 0.1) is 11.8 Å². The number of aromatic nitrogens is 1. The summed E-state index contributed by atoms with van der Waals surface area (Å²) >= 11 is 5.97. The monoisotopic (exact) mass is 280 g/mol. The van der Waals surface area contributed by atoms with Gasteiger partial charge in [0.2, 0.25) is 0 Å². The van der Waals surface area contributed by atoms with Gasteiger partial charge in [-0.05, 0) is 30.7 Å². The van der Waals surface area contributed by atoms with E-state index in [0.29, 0.717) is 10.7 Å². The number of amides is 1. The van der Waals surface area contributed by atoms with E-state index >= 15 is 0 Å². The van der Waals surface area contributed by atoms with Crippen molar-refractivity contribution in [2.45, 2.75) is 32.1 Å². The van der Waals surface area contributed by atoms with Gasteiger partial charge in [0.25, 0.3) is 5.91 Å². The molecule has 0 N–H and O–H groups in total. The second kappa shape index (κ2) is 5.20. The van der Waals surface area contributed by atoms with Crippen molar-refractivity contribution in [1.29, 1.82) is 0 Å². The topological polar surface area (TPSA) is 25.2 Å². The molecule has 2 fully saturated rings. The predicted octanol–water partition coefficient (Wildman–Crippen LogP) is 3.33. The lowest BCUT2D eigenvalue weighted by molar-refractivity contribution is 0.0512. The lowest BCUT2D eigenvalue weighted by Gasteiger charge is -2.41. The molecule has 2 aliphatic rings. The summed E-state index contributed by atoms with van der Waals surface area (Å²) in [7, 11) is 1.88. The van der Waals surface area contributed by atoms with Crippen LogP contribution in [-0.2, 0) is 7.05 Å². The number of halogens is 1. The zero-order chi connectivity index (χ0) is 13.4. The van der Waals surface area contributed by atoms with Gasteiger partial charge < -0.3 is 9.47 Å². The van der Waals surface area contributed by atoms with Crippen LogP contribution in [0.4, 0.5) is 0 Å². The molecule has 1 aliphatic carbocycles. The zero-order valence-electron chi connectivity index (χ0n) is 11.4. The summed E-state index contributed by atoms with van der Waals surface area (Å²) in [6.45, 7) is 1.84.